The van der Waals surface area contributed by atoms with Crippen LogP contribution in [0.25, 0.3) is 0 Å². The van der Waals surface area contributed by atoms with E-state index < -0.39 is 23.9 Å². The third-order valence-electron chi connectivity index (χ3n) is 1.24. The number of imide groups is 1. The molecule has 1 heterocycles. The first-order valence-electron chi connectivity index (χ1n) is 2.93. The Kier molecular flexibility index (Phi) is 1.75. The SMILES string of the molecule is O=C(O)C[C@H]1NC(=O)NC1=O. The predicted octanol–water partition coefficient (Wildman–Crippen LogP) is -1.33. The van der Waals surface area contributed by atoms with E-state index in [-0.39, 0.29) is 6.42 Å². The summed E-state index contributed by atoms with van der Waals surface area (Å²) in [5.74, 6) is -1.70. The zero-order valence-electron chi connectivity index (χ0n) is 5.46. The number of rotatable bonds is 2. The van der Waals surface area contributed by atoms with Crippen LogP contribution in [0.1, 0.15) is 6.42 Å². The van der Waals surface area contributed by atoms with E-state index in [1.54, 1.807) is 0 Å². The van der Waals surface area contributed by atoms with Gasteiger partial charge in [-0.2, -0.15) is 0 Å². The number of carboxylic acids is 1. The number of carbonyl (C=O) groups excluding carboxylic acids is 2. The van der Waals surface area contributed by atoms with Gasteiger partial charge in [-0.3, -0.25) is 14.9 Å². The standard InChI is InChI=1S/C5H6N2O4/c8-3(9)1-2-4(10)7-5(11)6-2/h2H,1H2,(H,8,9)(H2,6,7,10,11)/t2-/m1/s1. The molecule has 1 saturated heterocycles. The quantitative estimate of drug-likeness (QED) is 0.434. The van der Waals surface area contributed by atoms with E-state index in [0.717, 1.165) is 0 Å². The molecule has 1 aliphatic rings. The van der Waals surface area contributed by atoms with E-state index in [4.69, 9.17) is 5.11 Å². The van der Waals surface area contributed by atoms with Crippen molar-refractivity contribution in [3.63, 3.8) is 0 Å². The Hall–Kier alpha value is -1.59. The fraction of sp³-hybridized carbons (Fsp3) is 0.400. The van der Waals surface area contributed by atoms with Gasteiger partial charge in [0.1, 0.15) is 6.04 Å². The zero-order chi connectivity index (χ0) is 8.43. The average molecular weight is 158 g/mol. The first kappa shape index (κ1) is 7.52. The summed E-state index contributed by atoms with van der Waals surface area (Å²) >= 11 is 0. The smallest absolute Gasteiger partial charge is 0.322 e. The first-order chi connectivity index (χ1) is 5.09. The molecule has 1 atom stereocenters. The van der Waals surface area contributed by atoms with Crippen LogP contribution in [0.2, 0.25) is 0 Å². The Labute approximate surface area is 61.6 Å². The largest absolute Gasteiger partial charge is 0.481 e. The molecule has 60 valence electrons. The molecule has 0 aromatic heterocycles. The van der Waals surface area contributed by atoms with Gasteiger partial charge in [0.15, 0.2) is 0 Å². The van der Waals surface area contributed by atoms with Gasteiger partial charge in [0.2, 0.25) is 0 Å². The second kappa shape index (κ2) is 2.57. The highest BCUT2D eigenvalue weighted by Gasteiger charge is 2.30. The van der Waals surface area contributed by atoms with Crippen molar-refractivity contribution < 1.29 is 19.5 Å². The molecule has 1 aliphatic heterocycles. The highest BCUT2D eigenvalue weighted by Crippen LogP contribution is 1.97. The van der Waals surface area contributed by atoms with Gasteiger partial charge in [0, 0.05) is 0 Å². The Balaban J connectivity index is 2.53. The molecule has 6 heteroatoms. The number of aliphatic carboxylic acids is 1. The molecule has 0 aromatic carbocycles. The van der Waals surface area contributed by atoms with Crippen LogP contribution in [0, 0.1) is 0 Å². The van der Waals surface area contributed by atoms with Crippen LogP contribution in [0.4, 0.5) is 4.79 Å². The van der Waals surface area contributed by atoms with Crippen LogP contribution in [0.5, 0.6) is 0 Å². The van der Waals surface area contributed by atoms with Crippen LogP contribution in [-0.2, 0) is 9.59 Å². The van der Waals surface area contributed by atoms with Gasteiger partial charge in [-0.05, 0) is 0 Å². The number of hydrogen-bond donors (Lipinski definition) is 3. The molecule has 0 bridgehead atoms. The van der Waals surface area contributed by atoms with Gasteiger partial charge in [0.05, 0.1) is 6.42 Å². The van der Waals surface area contributed by atoms with Crippen molar-refractivity contribution in [2.45, 2.75) is 12.5 Å². The van der Waals surface area contributed by atoms with Crippen molar-refractivity contribution >= 4 is 17.9 Å². The Morgan fingerprint density at radius 2 is 2.18 bits per heavy atom. The van der Waals surface area contributed by atoms with E-state index in [1.807, 2.05) is 5.32 Å². The minimum atomic E-state index is -1.12. The Bertz CT molecular complexity index is 225. The van der Waals surface area contributed by atoms with E-state index in [9.17, 15) is 14.4 Å². The third kappa shape index (κ3) is 1.66. The number of carboxylic acid groups (broad SMARTS) is 1. The molecule has 0 saturated carbocycles. The van der Waals surface area contributed by atoms with Gasteiger partial charge in [-0.25, -0.2) is 4.79 Å². The first-order valence-corrected chi connectivity index (χ1v) is 2.93. The van der Waals surface area contributed by atoms with Gasteiger partial charge in [-0.1, -0.05) is 0 Å². The molecule has 6 nitrogen and oxygen atoms in total. The average Bonchev–Trinajstić information content (AvgIpc) is 2.09. The molecule has 1 fully saturated rings. The monoisotopic (exact) mass is 158 g/mol. The van der Waals surface area contributed by atoms with E-state index in [0.29, 0.717) is 0 Å². The summed E-state index contributed by atoms with van der Waals surface area (Å²) in [7, 11) is 0. The van der Waals surface area contributed by atoms with Crippen LogP contribution >= 0.6 is 0 Å². The molecule has 0 unspecified atom stereocenters. The molecule has 0 spiro atoms. The van der Waals surface area contributed by atoms with Crippen LogP contribution < -0.4 is 10.6 Å². The maximum atomic E-state index is 10.7. The summed E-state index contributed by atoms with van der Waals surface area (Å²) in [6, 6.07) is -1.55. The highest BCUT2D eigenvalue weighted by molar-refractivity contribution is 6.05. The van der Waals surface area contributed by atoms with Crippen LogP contribution in [0.15, 0.2) is 0 Å². The molecule has 1 rings (SSSR count). The maximum Gasteiger partial charge on any atom is 0.322 e. The topological polar surface area (TPSA) is 95.5 Å². The van der Waals surface area contributed by atoms with Crippen molar-refractivity contribution in [1.82, 2.24) is 10.6 Å². The third-order valence-corrected chi connectivity index (χ3v) is 1.24. The minimum absolute atomic E-state index is 0.377. The predicted molar refractivity (Wildman–Crippen MR) is 32.7 cm³/mol. The van der Waals surface area contributed by atoms with Crippen molar-refractivity contribution in [1.29, 1.82) is 0 Å². The lowest BCUT2D eigenvalue weighted by atomic mass is 10.2. The van der Waals surface area contributed by atoms with Crippen LogP contribution in [-0.4, -0.2) is 29.1 Å². The van der Waals surface area contributed by atoms with Crippen molar-refractivity contribution in [2.75, 3.05) is 0 Å². The van der Waals surface area contributed by atoms with Gasteiger partial charge in [-0.15, -0.1) is 0 Å². The van der Waals surface area contributed by atoms with Crippen molar-refractivity contribution in [2.24, 2.45) is 0 Å². The van der Waals surface area contributed by atoms with Gasteiger partial charge in [0.25, 0.3) is 5.91 Å². The van der Waals surface area contributed by atoms with Gasteiger partial charge < -0.3 is 10.4 Å². The molecule has 11 heavy (non-hydrogen) atoms. The summed E-state index contributed by atoms with van der Waals surface area (Å²) < 4.78 is 0. The van der Waals surface area contributed by atoms with Crippen LogP contribution in [0.3, 0.4) is 0 Å². The van der Waals surface area contributed by atoms with E-state index in [2.05, 4.69) is 5.32 Å². The Morgan fingerprint density at radius 1 is 1.55 bits per heavy atom. The molecule has 0 radical (unpaired) electrons. The molecule has 3 N–H and O–H groups in total. The second-order valence-corrected chi connectivity index (χ2v) is 2.11. The number of carbonyl (C=O) groups is 3. The maximum absolute atomic E-state index is 10.7. The molecular formula is C5H6N2O4. The molecular weight excluding hydrogens is 152 g/mol. The van der Waals surface area contributed by atoms with Gasteiger partial charge >= 0.3 is 12.0 Å². The number of urea groups is 1. The number of nitrogens with one attached hydrogen (secondary N) is 2. The fourth-order valence-corrected chi connectivity index (χ4v) is 0.777. The van der Waals surface area contributed by atoms with E-state index >= 15 is 0 Å². The van der Waals surface area contributed by atoms with Crippen molar-refractivity contribution in [3.8, 4) is 0 Å². The summed E-state index contributed by atoms with van der Waals surface area (Å²) in [5, 5.41) is 12.3. The number of hydrogen-bond acceptors (Lipinski definition) is 3. The molecule has 3 amide bonds. The summed E-state index contributed by atoms with van der Waals surface area (Å²) in [4.78, 5) is 31.1. The van der Waals surface area contributed by atoms with E-state index in [1.165, 1.54) is 0 Å². The lowest BCUT2D eigenvalue weighted by Gasteiger charge is -2.00. The number of amides is 3. The lowest BCUT2D eigenvalue weighted by molar-refractivity contribution is -0.139. The normalized spacial score (nSPS) is 22.7. The molecule has 0 aliphatic carbocycles. The fourth-order valence-electron chi connectivity index (χ4n) is 0.777. The lowest BCUT2D eigenvalue weighted by Crippen LogP contribution is -2.31. The summed E-state index contributed by atoms with van der Waals surface area (Å²) in [6.07, 6.45) is -0.377. The summed E-state index contributed by atoms with van der Waals surface area (Å²) in [6.45, 7) is 0. The highest BCUT2D eigenvalue weighted by atomic mass is 16.4. The van der Waals surface area contributed by atoms with Crippen molar-refractivity contribution in [3.05, 3.63) is 0 Å². The summed E-state index contributed by atoms with van der Waals surface area (Å²) in [5.41, 5.74) is 0. The minimum Gasteiger partial charge on any atom is -0.481 e. The molecule has 0 aromatic rings. The zero-order valence-corrected chi connectivity index (χ0v) is 5.46. The second-order valence-electron chi connectivity index (χ2n) is 2.11. The Morgan fingerprint density at radius 3 is 2.55 bits per heavy atom.